The average Bonchev–Trinajstić information content (AvgIpc) is 2.38. The molecule has 3 nitrogen and oxygen atoms in total. The minimum Gasteiger partial charge on any atom is -0.507 e. The maximum atomic E-state index is 13.0. The first-order valence-electron chi connectivity index (χ1n) is 5.99. The van der Waals surface area contributed by atoms with E-state index < -0.39 is 17.5 Å². The maximum absolute atomic E-state index is 13.0. The molecule has 0 saturated carbocycles. The Morgan fingerprint density at radius 3 is 2.50 bits per heavy atom. The lowest BCUT2D eigenvalue weighted by Crippen LogP contribution is -2.23. The highest BCUT2D eigenvalue weighted by molar-refractivity contribution is 5.97. The third-order valence-corrected chi connectivity index (χ3v) is 2.86. The number of para-hydroxylation sites is 1. The molecule has 0 aliphatic rings. The van der Waals surface area contributed by atoms with E-state index in [9.17, 15) is 18.7 Å². The van der Waals surface area contributed by atoms with Gasteiger partial charge in [0.1, 0.15) is 17.4 Å². The number of hydrogen-bond donors (Lipinski definition) is 2. The summed E-state index contributed by atoms with van der Waals surface area (Å²) in [5, 5.41) is 12.3. The van der Waals surface area contributed by atoms with Gasteiger partial charge in [0, 0.05) is 12.6 Å². The number of rotatable bonds is 3. The lowest BCUT2D eigenvalue weighted by atomic mass is 10.1. The fourth-order valence-corrected chi connectivity index (χ4v) is 1.83. The quantitative estimate of drug-likeness (QED) is 0.906. The van der Waals surface area contributed by atoms with Gasteiger partial charge in [0.15, 0.2) is 0 Å². The minimum absolute atomic E-state index is 0.0269. The van der Waals surface area contributed by atoms with Crippen LogP contribution in [0.15, 0.2) is 36.4 Å². The van der Waals surface area contributed by atoms with Crippen LogP contribution in [0.2, 0.25) is 0 Å². The Hall–Kier alpha value is -2.43. The van der Waals surface area contributed by atoms with Crippen LogP contribution < -0.4 is 5.32 Å². The summed E-state index contributed by atoms with van der Waals surface area (Å²) in [6.07, 6.45) is 0. The molecular formula is C15H13F2NO2. The molecule has 20 heavy (non-hydrogen) atoms. The van der Waals surface area contributed by atoms with E-state index in [1.54, 1.807) is 19.1 Å². The summed E-state index contributed by atoms with van der Waals surface area (Å²) in [5.74, 6) is -2.01. The summed E-state index contributed by atoms with van der Waals surface area (Å²) in [6, 6.07) is 7.83. The molecule has 5 heteroatoms. The molecule has 104 valence electrons. The molecule has 0 fully saturated rings. The van der Waals surface area contributed by atoms with Gasteiger partial charge in [-0.1, -0.05) is 12.1 Å². The van der Waals surface area contributed by atoms with Crippen LogP contribution >= 0.6 is 0 Å². The largest absolute Gasteiger partial charge is 0.507 e. The number of carbonyl (C=O) groups excluding carboxylic acids is 1. The first kappa shape index (κ1) is 14.0. The number of carbonyl (C=O) groups is 1. The van der Waals surface area contributed by atoms with E-state index in [0.717, 1.165) is 18.2 Å². The number of nitrogens with one attached hydrogen (secondary N) is 1. The van der Waals surface area contributed by atoms with Crippen molar-refractivity contribution in [1.82, 2.24) is 5.32 Å². The molecule has 0 unspecified atom stereocenters. The van der Waals surface area contributed by atoms with E-state index in [4.69, 9.17) is 0 Å². The average molecular weight is 277 g/mol. The zero-order valence-electron chi connectivity index (χ0n) is 10.8. The van der Waals surface area contributed by atoms with Gasteiger partial charge in [0.2, 0.25) is 0 Å². The molecule has 0 aliphatic heterocycles. The summed E-state index contributed by atoms with van der Waals surface area (Å²) in [5.41, 5.74) is 1.01. The van der Waals surface area contributed by atoms with Crippen molar-refractivity contribution in [2.45, 2.75) is 13.5 Å². The number of benzene rings is 2. The second-order valence-electron chi connectivity index (χ2n) is 4.43. The first-order valence-corrected chi connectivity index (χ1v) is 5.99. The predicted octanol–water partition coefficient (Wildman–Crippen LogP) is 2.91. The summed E-state index contributed by atoms with van der Waals surface area (Å²) in [7, 11) is 0. The zero-order chi connectivity index (χ0) is 14.7. The SMILES string of the molecule is Cc1cccc(C(=O)NCc2cc(F)cc(F)c2)c1O. The lowest BCUT2D eigenvalue weighted by molar-refractivity contribution is 0.0948. The molecule has 0 radical (unpaired) electrons. The van der Waals surface area contributed by atoms with Gasteiger partial charge >= 0.3 is 0 Å². The lowest BCUT2D eigenvalue weighted by Gasteiger charge is -2.08. The molecule has 0 atom stereocenters. The monoisotopic (exact) mass is 277 g/mol. The van der Waals surface area contributed by atoms with Crippen LogP contribution in [0.1, 0.15) is 21.5 Å². The van der Waals surface area contributed by atoms with Gasteiger partial charge in [0.05, 0.1) is 5.56 Å². The van der Waals surface area contributed by atoms with Gasteiger partial charge in [-0.15, -0.1) is 0 Å². The van der Waals surface area contributed by atoms with E-state index >= 15 is 0 Å². The molecule has 0 spiro atoms. The van der Waals surface area contributed by atoms with Crippen molar-refractivity contribution in [2.24, 2.45) is 0 Å². The Kier molecular flexibility index (Phi) is 3.98. The van der Waals surface area contributed by atoms with Crippen molar-refractivity contribution < 1.29 is 18.7 Å². The predicted molar refractivity (Wildman–Crippen MR) is 70.4 cm³/mol. The van der Waals surface area contributed by atoms with Gasteiger partial charge < -0.3 is 10.4 Å². The summed E-state index contributed by atoms with van der Waals surface area (Å²) in [4.78, 5) is 11.9. The molecule has 1 amide bonds. The number of halogens is 2. The van der Waals surface area contributed by atoms with Crippen molar-refractivity contribution >= 4 is 5.91 Å². The maximum Gasteiger partial charge on any atom is 0.255 e. The van der Waals surface area contributed by atoms with Gasteiger partial charge in [-0.25, -0.2) is 8.78 Å². The molecular weight excluding hydrogens is 264 g/mol. The fourth-order valence-electron chi connectivity index (χ4n) is 1.83. The van der Waals surface area contributed by atoms with E-state index in [-0.39, 0.29) is 17.9 Å². The van der Waals surface area contributed by atoms with E-state index in [2.05, 4.69) is 5.32 Å². The van der Waals surface area contributed by atoms with E-state index in [0.29, 0.717) is 11.1 Å². The number of hydrogen-bond acceptors (Lipinski definition) is 2. The van der Waals surface area contributed by atoms with E-state index in [1.807, 2.05) is 0 Å². The molecule has 2 rings (SSSR count). The second kappa shape index (κ2) is 5.69. The smallest absolute Gasteiger partial charge is 0.255 e. The molecule has 0 aliphatic carbocycles. The number of amides is 1. The Balaban J connectivity index is 2.10. The van der Waals surface area contributed by atoms with Crippen molar-refractivity contribution in [3.05, 3.63) is 64.7 Å². The van der Waals surface area contributed by atoms with Crippen LogP contribution in [0.3, 0.4) is 0 Å². The fraction of sp³-hybridized carbons (Fsp3) is 0.133. The van der Waals surface area contributed by atoms with Crippen LogP contribution in [0.5, 0.6) is 5.75 Å². The Morgan fingerprint density at radius 1 is 1.20 bits per heavy atom. The van der Waals surface area contributed by atoms with E-state index in [1.165, 1.54) is 6.07 Å². The highest BCUT2D eigenvalue weighted by Gasteiger charge is 2.12. The Labute approximate surface area is 114 Å². The third-order valence-electron chi connectivity index (χ3n) is 2.86. The van der Waals surface area contributed by atoms with Gasteiger partial charge in [-0.2, -0.15) is 0 Å². The highest BCUT2D eigenvalue weighted by Crippen LogP contribution is 2.21. The normalized spacial score (nSPS) is 10.3. The van der Waals surface area contributed by atoms with Gasteiger partial charge in [0.25, 0.3) is 5.91 Å². The summed E-state index contributed by atoms with van der Waals surface area (Å²) in [6.45, 7) is 1.65. The van der Waals surface area contributed by atoms with Crippen LogP contribution in [0.25, 0.3) is 0 Å². The Bertz CT molecular complexity index is 636. The number of aromatic hydroxyl groups is 1. The molecule has 2 aromatic carbocycles. The van der Waals surface area contributed by atoms with Crippen LogP contribution in [0, 0.1) is 18.6 Å². The Morgan fingerprint density at radius 2 is 1.85 bits per heavy atom. The molecule has 0 aromatic heterocycles. The highest BCUT2D eigenvalue weighted by atomic mass is 19.1. The first-order chi connectivity index (χ1) is 9.47. The second-order valence-corrected chi connectivity index (χ2v) is 4.43. The van der Waals surface area contributed by atoms with Crippen LogP contribution in [-0.2, 0) is 6.54 Å². The minimum atomic E-state index is -0.701. The summed E-state index contributed by atoms with van der Waals surface area (Å²) < 4.78 is 26.0. The zero-order valence-corrected chi connectivity index (χ0v) is 10.8. The molecule has 0 heterocycles. The molecule has 2 N–H and O–H groups in total. The van der Waals surface area contributed by atoms with Crippen molar-refractivity contribution in [1.29, 1.82) is 0 Å². The number of phenols is 1. The van der Waals surface area contributed by atoms with Crippen LogP contribution in [-0.4, -0.2) is 11.0 Å². The molecule has 0 bridgehead atoms. The molecule has 0 saturated heterocycles. The van der Waals surface area contributed by atoms with Gasteiger partial charge in [-0.3, -0.25) is 4.79 Å². The standard InChI is InChI=1S/C15H13F2NO2/c1-9-3-2-4-13(14(9)19)15(20)18-8-10-5-11(16)7-12(17)6-10/h2-7,19H,8H2,1H3,(H,18,20). The summed E-state index contributed by atoms with van der Waals surface area (Å²) >= 11 is 0. The number of phenolic OH excluding ortho intramolecular Hbond substituents is 1. The number of aryl methyl sites for hydroxylation is 1. The van der Waals surface area contributed by atoms with Gasteiger partial charge in [-0.05, 0) is 36.2 Å². The molecule has 2 aromatic rings. The topological polar surface area (TPSA) is 49.3 Å². The van der Waals surface area contributed by atoms with Crippen molar-refractivity contribution in [3.63, 3.8) is 0 Å². The van der Waals surface area contributed by atoms with Crippen molar-refractivity contribution in [2.75, 3.05) is 0 Å². The van der Waals surface area contributed by atoms with Crippen LogP contribution in [0.4, 0.5) is 8.78 Å². The van der Waals surface area contributed by atoms with Crippen molar-refractivity contribution in [3.8, 4) is 5.75 Å². The third kappa shape index (κ3) is 3.12.